The van der Waals surface area contributed by atoms with Crippen LogP contribution < -0.4 is 0 Å². The van der Waals surface area contributed by atoms with Crippen molar-refractivity contribution in [1.82, 2.24) is 9.55 Å². The largest absolute Gasteiger partial charge is 0.306 e. The fraction of sp³-hybridized carbons (Fsp3) is 0.0435. The van der Waals surface area contributed by atoms with Crippen LogP contribution in [0, 0.1) is 0 Å². The third-order valence-electron chi connectivity index (χ3n) is 4.26. The number of carbonyl (C=O) groups is 1. The Morgan fingerprint density at radius 2 is 1.81 bits per heavy atom. The first-order chi connectivity index (χ1) is 13.3. The number of rotatable bonds is 6. The van der Waals surface area contributed by atoms with Crippen LogP contribution in [0.4, 0.5) is 0 Å². The Kier molecular flexibility index (Phi) is 5.08. The second-order valence-corrected chi connectivity index (χ2v) is 7.38. The third-order valence-corrected chi connectivity index (χ3v) is 5.31. The lowest BCUT2D eigenvalue weighted by Crippen LogP contribution is -1.95. The fourth-order valence-corrected chi connectivity index (χ4v) is 3.79. The van der Waals surface area contributed by atoms with Crippen LogP contribution in [0.2, 0.25) is 0 Å². The molecule has 0 amide bonds. The first-order valence-corrected chi connectivity index (χ1v) is 9.53. The number of carbonyl (C=O) groups excluding carboxylic acids is 1. The Morgan fingerprint density at radius 3 is 2.56 bits per heavy atom. The first kappa shape index (κ1) is 17.2. The standard InChI is InChI=1S/C23H18N2OS/c26-23(19-6-8-20(9-7-19)25-15-14-24-17-25)13-12-21-10-11-22(27-21)16-18-4-2-1-3-5-18/h1-15,17H,16H2/b13-12+. The maximum absolute atomic E-state index is 12.4. The molecule has 132 valence electrons. The van der Waals surface area contributed by atoms with Crippen molar-refractivity contribution in [3.63, 3.8) is 0 Å². The quantitative estimate of drug-likeness (QED) is 0.335. The zero-order chi connectivity index (χ0) is 18.5. The number of imidazole rings is 1. The van der Waals surface area contributed by atoms with E-state index in [4.69, 9.17) is 0 Å². The lowest BCUT2D eigenvalue weighted by atomic mass is 10.1. The van der Waals surface area contributed by atoms with Gasteiger partial charge in [-0.1, -0.05) is 30.3 Å². The van der Waals surface area contributed by atoms with Crippen molar-refractivity contribution in [2.75, 3.05) is 0 Å². The van der Waals surface area contributed by atoms with Crippen molar-refractivity contribution in [3.8, 4) is 5.69 Å². The van der Waals surface area contributed by atoms with Crippen LogP contribution in [0.15, 0.2) is 91.5 Å². The lowest BCUT2D eigenvalue weighted by molar-refractivity contribution is 0.104. The molecule has 4 rings (SSSR count). The molecule has 0 aliphatic carbocycles. The van der Waals surface area contributed by atoms with E-state index in [-0.39, 0.29) is 5.78 Å². The molecule has 0 saturated carbocycles. The van der Waals surface area contributed by atoms with E-state index in [0.717, 1.165) is 17.0 Å². The summed E-state index contributed by atoms with van der Waals surface area (Å²) in [6, 6.07) is 22.1. The molecule has 2 aromatic heterocycles. The Hall–Kier alpha value is -3.24. The van der Waals surface area contributed by atoms with E-state index in [1.165, 1.54) is 10.4 Å². The van der Waals surface area contributed by atoms with Gasteiger partial charge < -0.3 is 4.57 Å². The van der Waals surface area contributed by atoms with Crippen molar-refractivity contribution in [3.05, 3.63) is 112 Å². The molecule has 0 aliphatic rings. The predicted octanol–water partition coefficient (Wildman–Crippen LogP) is 5.42. The topological polar surface area (TPSA) is 34.9 Å². The molecule has 2 aromatic carbocycles. The van der Waals surface area contributed by atoms with Gasteiger partial charge in [0.05, 0.1) is 6.33 Å². The predicted molar refractivity (Wildman–Crippen MR) is 110 cm³/mol. The van der Waals surface area contributed by atoms with Crippen LogP contribution in [0.3, 0.4) is 0 Å². The van der Waals surface area contributed by atoms with E-state index < -0.39 is 0 Å². The van der Waals surface area contributed by atoms with Gasteiger partial charge in [-0.05, 0) is 54.1 Å². The second kappa shape index (κ2) is 7.98. The molecule has 3 nitrogen and oxygen atoms in total. The minimum absolute atomic E-state index is 0.00481. The number of ketones is 1. The van der Waals surface area contributed by atoms with Crippen LogP contribution in [0.5, 0.6) is 0 Å². The highest BCUT2D eigenvalue weighted by molar-refractivity contribution is 7.12. The smallest absolute Gasteiger partial charge is 0.185 e. The van der Waals surface area contributed by atoms with Gasteiger partial charge >= 0.3 is 0 Å². The summed E-state index contributed by atoms with van der Waals surface area (Å²) >= 11 is 1.72. The number of benzene rings is 2. The molecule has 0 aliphatic heterocycles. The van der Waals surface area contributed by atoms with E-state index in [0.29, 0.717) is 5.56 Å². The molecule has 4 heteroatoms. The number of hydrogen-bond donors (Lipinski definition) is 0. The minimum Gasteiger partial charge on any atom is -0.306 e. The summed E-state index contributed by atoms with van der Waals surface area (Å²) in [5.74, 6) is 0.00481. The Balaban J connectivity index is 1.41. The SMILES string of the molecule is O=C(/C=C/c1ccc(Cc2ccccc2)s1)c1ccc(-n2ccnc2)cc1. The van der Waals surface area contributed by atoms with E-state index >= 15 is 0 Å². The van der Waals surface area contributed by atoms with E-state index in [2.05, 4.69) is 41.4 Å². The summed E-state index contributed by atoms with van der Waals surface area (Å²) in [6.07, 6.45) is 9.80. The van der Waals surface area contributed by atoms with Crippen LogP contribution in [0.25, 0.3) is 11.8 Å². The molecule has 0 saturated heterocycles. The lowest BCUT2D eigenvalue weighted by Gasteiger charge is -2.02. The van der Waals surface area contributed by atoms with Crippen molar-refractivity contribution in [2.24, 2.45) is 0 Å². The molecule has 0 fully saturated rings. The molecule has 2 heterocycles. The highest BCUT2D eigenvalue weighted by atomic mass is 32.1. The second-order valence-electron chi connectivity index (χ2n) is 6.18. The molecule has 27 heavy (non-hydrogen) atoms. The molecule has 0 N–H and O–H groups in total. The average molecular weight is 370 g/mol. The maximum Gasteiger partial charge on any atom is 0.185 e. The summed E-state index contributed by atoms with van der Waals surface area (Å²) in [5, 5.41) is 0. The van der Waals surface area contributed by atoms with Gasteiger partial charge in [-0.2, -0.15) is 0 Å². The summed E-state index contributed by atoms with van der Waals surface area (Å²) in [5.41, 5.74) is 2.96. The van der Waals surface area contributed by atoms with Crippen LogP contribution >= 0.6 is 11.3 Å². The van der Waals surface area contributed by atoms with E-state index in [1.54, 1.807) is 29.9 Å². The van der Waals surface area contributed by atoms with Gasteiger partial charge in [0, 0.05) is 39.8 Å². The zero-order valence-corrected chi connectivity index (χ0v) is 15.5. The molecule has 0 unspecified atom stereocenters. The van der Waals surface area contributed by atoms with E-state index in [1.807, 2.05) is 47.2 Å². The summed E-state index contributed by atoms with van der Waals surface area (Å²) in [6.45, 7) is 0. The molecular weight excluding hydrogens is 352 g/mol. The van der Waals surface area contributed by atoms with Gasteiger partial charge in [0.15, 0.2) is 5.78 Å². The Morgan fingerprint density at radius 1 is 1.00 bits per heavy atom. The number of nitrogens with zero attached hydrogens (tertiary/aromatic N) is 2. The van der Waals surface area contributed by atoms with E-state index in [9.17, 15) is 4.79 Å². The molecule has 0 radical (unpaired) electrons. The van der Waals surface area contributed by atoms with Crippen molar-refractivity contribution in [2.45, 2.75) is 6.42 Å². The Labute approximate surface area is 162 Å². The highest BCUT2D eigenvalue weighted by Gasteiger charge is 2.04. The average Bonchev–Trinajstić information content (AvgIpc) is 3.39. The zero-order valence-electron chi connectivity index (χ0n) is 14.7. The number of allylic oxidation sites excluding steroid dienone is 1. The molecule has 0 atom stereocenters. The minimum atomic E-state index is 0.00481. The van der Waals surface area contributed by atoms with Crippen LogP contribution in [-0.2, 0) is 6.42 Å². The van der Waals surface area contributed by atoms with Gasteiger partial charge in [-0.15, -0.1) is 11.3 Å². The monoisotopic (exact) mass is 370 g/mol. The summed E-state index contributed by atoms with van der Waals surface area (Å²) < 4.78 is 1.91. The van der Waals surface area contributed by atoms with Gasteiger partial charge in [-0.25, -0.2) is 4.98 Å². The first-order valence-electron chi connectivity index (χ1n) is 8.71. The number of hydrogen-bond acceptors (Lipinski definition) is 3. The van der Waals surface area contributed by atoms with Crippen LogP contribution in [0.1, 0.15) is 25.7 Å². The van der Waals surface area contributed by atoms with Crippen molar-refractivity contribution in [1.29, 1.82) is 0 Å². The number of aromatic nitrogens is 2. The van der Waals surface area contributed by atoms with Gasteiger partial charge in [-0.3, -0.25) is 4.79 Å². The third kappa shape index (κ3) is 4.30. The van der Waals surface area contributed by atoms with Crippen LogP contribution in [-0.4, -0.2) is 15.3 Å². The number of thiophene rings is 1. The van der Waals surface area contributed by atoms with Gasteiger partial charge in [0.25, 0.3) is 0 Å². The molecule has 0 bridgehead atoms. The Bertz CT molecular complexity index is 1050. The normalized spacial score (nSPS) is 11.1. The summed E-state index contributed by atoms with van der Waals surface area (Å²) in [4.78, 5) is 18.8. The molecule has 0 spiro atoms. The van der Waals surface area contributed by atoms with Crippen molar-refractivity contribution >= 4 is 23.2 Å². The maximum atomic E-state index is 12.4. The summed E-state index contributed by atoms with van der Waals surface area (Å²) in [7, 11) is 0. The highest BCUT2D eigenvalue weighted by Crippen LogP contribution is 2.21. The fourth-order valence-electron chi connectivity index (χ4n) is 2.84. The van der Waals surface area contributed by atoms with Crippen molar-refractivity contribution < 1.29 is 4.79 Å². The van der Waals surface area contributed by atoms with Gasteiger partial charge in [0.2, 0.25) is 0 Å². The van der Waals surface area contributed by atoms with Gasteiger partial charge in [0.1, 0.15) is 0 Å². The molecular formula is C23H18N2OS. The molecule has 4 aromatic rings.